The van der Waals surface area contributed by atoms with Crippen LogP contribution in [0.1, 0.15) is 5.69 Å². The van der Waals surface area contributed by atoms with Gasteiger partial charge in [0.15, 0.2) is 0 Å². The summed E-state index contributed by atoms with van der Waals surface area (Å²) < 4.78 is 0. The van der Waals surface area contributed by atoms with Gasteiger partial charge in [0.1, 0.15) is 0 Å². The van der Waals surface area contributed by atoms with E-state index in [9.17, 15) is 4.79 Å². The van der Waals surface area contributed by atoms with Gasteiger partial charge in [0.2, 0.25) is 0 Å². The molecule has 0 aliphatic carbocycles. The van der Waals surface area contributed by atoms with Crippen LogP contribution in [0.25, 0.3) is 0 Å². The molecule has 0 saturated heterocycles. The van der Waals surface area contributed by atoms with Crippen molar-refractivity contribution in [3.8, 4) is 0 Å². The Morgan fingerprint density at radius 2 is 2.42 bits per heavy atom. The molecule has 0 aliphatic rings. The maximum Gasteiger partial charge on any atom is 0.278 e. The number of thiol groups is 1. The largest absolute Gasteiger partial charge is 0.331 e. The van der Waals surface area contributed by atoms with E-state index in [1.807, 2.05) is 18.2 Å². The van der Waals surface area contributed by atoms with Crippen molar-refractivity contribution >= 4 is 17.9 Å². The molecule has 12 heavy (non-hydrogen) atoms. The van der Waals surface area contributed by atoms with Gasteiger partial charge in [-0.05, 0) is 12.1 Å². The number of nitrogens with zero attached hydrogens (tertiary/aromatic N) is 2. The number of hydrogen-bond acceptors (Lipinski definition) is 2. The van der Waals surface area contributed by atoms with Gasteiger partial charge < -0.3 is 4.90 Å². The van der Waals surface area contributed by atoms with Crippen molar-refractivity contribution in [3.63, 3.8) is 0 Å². The minimum Gasteiger partial charge on any atom is -0.331 e. The number of amides is 1. The number of rotatable bonds is 2. The van der Waals surface area contributed by atoms with E-state index in [0.29, 0.717) is 6.54 Å². The Labute approximate surface area is 76.8 Å². The molecule has 1 rings (SSSR count). The average Bonchev–Trinajstić information content (AvgIpc) is 2.06. The minimum atomic E-state index is -0.249. The van der Waals surface area contributed by atoms with Gasteiger partial charge in [-0.25, -0.2) is 0 Å². The molecule has 0 saturated carbocycles. The van der Waals surface area contributed by atoms with E-state index >= 15 is 0 Å². The highest BCUT2D eigenvalue weighted by atomic mass is 32.1. The lowest BCUT2D eigenvalue weighted by Gasteiger charge is -2.12. The first-order valence-electron chi connectivity index (χ1n) is 3.54. The fourth-order valence-electron chi connectivity index (χ4n) is 0.802. The summed E-state index contributed by atoms with van der Waals surface area (Å²) in [6.07, 6.45) is 1.70. The second-order valence-corrected chi connectivity index (χ2v) is 2.84. The highest BCUT2D eigenvalue weighted by Crippen LogP contribution is 2.00. The molecule has 64 valence electrons. The molecule has 0 bridgehead atoms. The summed E-state index contributed by atoms with van der Waals surface area (Å²) in [5.41, 5.74) is 0.863. The predicted octanol–water partition coefficient (Wildman–Crippen LogP) is 1.56. The fourth-order valence-corrected chi connectivity index (χ4v) is 0.873. The van der Waals surface area contributed by atoms with Crippen LogP contribution in [-0.4, -0.2) is 22.2 Å². The third-order valence-corrected chi connectivity index (χ3v) is 1.79. The van der Waals surface area contributed by atoms with Crippen molar-refractivity contribution in [3.05, 3.63) is 30.1 Å². The van der Waals surface area contributed by atoms with Crippen LogP contribution in [0, 0.1) is 0 Å². The number of carbonyl (C=O) groups is 1. The smallest absolute Gasteiger partial charge is 0.278 e. The maximum absolute atomic E-state index is 10.7. The molecule has 0 radical (unpaired) electrons. The third kappa shape index (κ3) is 2.54. The molecule has 0 unspecified atom stereocenters. The summed E-state index contributed by atoms with van der Waals surface area (Å²) in [6, 6.07) is 5.60. The lowest BCUT2D eigenvalue weighted by Crippen LogP contribution is -2.20. The first-order valence-corrected chi connectivity index (χ1v) is 3.99. The van der Waals surface area contributed by atoms with E-state index in [4.69, 9.17) is 0 Å². The zero-order valence-electron chi connectivity index (χ0n) is 6.77. The summed E-state index contributed by atoms with van der Waals surface area (Å²) in [6.45, 7) is 0.503. The Balaban J connectivity index is 2.58. The van der Waals surface area contributed by atoms with Crippen LogP contribution in [0.2, 0.25) is 0 Å². The lowest BCUT2D eigenvalue weighted by molar-refractivity contribution is 0.231. The highest BCUT2D eigenvalue weighted by Gasteiger charge is 2.03. The molecule has 0 aliphatic heterocycles. The molecule has 0 aromatic carbocycles. The Kier molecular flexibility index (Phi) is 3.10. The second-order valence-electron chi connectivity index (χ2n) is 2.46. The van der Waals surface area contributed by atoms with Crippen LogP contribution in [-0.2, 0) is 6.54 Å². The summed E-state index contributed by atoms with van der Waals surface area (Å²) in [5, 5.41) is -0.249. The maximum atomic E-state index is 10.7. The summed E-state index contributed by atoms with van der Waals surface area (Å²) >= 11 is 3.68. The first kappa shape index (κ1) is 9.06. The van der Waals surface area contributed by atoms with Crippen molar-refractivity contribution in [2.45, 2.75) is 6.54 Å². The molecule has 1 amide bonds. The number of pyridine rings is 1. The van der Waals surface area contributed by atoms with Crippen LogP contribution in [0.3, 0.4) is 0 Å². The standard InChI is InChI=1S/C8H10N2OS/c1-10(8(11)12)6-7-4-2-3-5-9-7/h2-5H,6H2,1H3,(H,11,12). The second kappa shape index (κ2) is 4.11. The Morgan fingerprint density at radius 3 is 2.92 bits per heavy atom. The Bertz CT molecular complexity index is 263. The van der Waals surface area contributed by atoms with Crippen molar-refractivity contribution in [1.82, 2.24) is 9.88 Å². The van der Waals surface area contributed by atoms with Gasteiger partial charge in [-0.3, -0.25) is 9.78 Å². The van der Waals surface area contributed by atoms with Gasteiger partial charge in [0, 0.05) is 13.2 Å². The molecule has 0 atom stereocenters. The van der Waals surface area contributed by atoms with E-state index in [0.717, 1.165) is 5.69 Å². The highest BCUT2D eigenvalue weighted by molar-refractivity contribution is 7.96. The topological polar surface area (TPSA) is 33.2 Å². The summed E-state index contributed by atoms with van der Waals surface area (Å²) in [5.74, 6) is 0. The van der Waals surface area contributed by atoms with E-state index in [2.05, 4.69) is 17.6 Å². The predicted molar refractivity (Wildman–Crippen MR) is 50.1 cm³/mol. The lowest BCUT2D eigenvalue weighted by atomic mass is 10.3. The summed E-state index contributed by atoms with van der Waals surface area (Å²) in [7, 11) is 1.68. The van der Waals surface area contributed by atoms with Crippen LogP contribution in [0.15, 0.2) is 24.4 Å². The monoisotopic (exact) mass is 182 g/mol. The molecule has 1 aromatic heterocycles. The molecule has 1 aromatic rings. The van der Waals surface area contributed by atoms with Gasteiger partial charge >= 0.3 is 0 Å². The third-order valence-electron chi connectivity index (χ3n) is 1.45. The zero-order chi connectivity index (χ0) is 8.97. The van der Waals surface area contributed by atoms with Crippen molar-refractivity contribution in [2.75, 3.05) is 7.05 Å². The van der Waals surface area contributed by atoms with Crippen molar-refractivity contribution in [1.29, 1.82) is 0 Å². The van der Waals surface area contributed by atoms with Crippen LogP contribution < -0.4 is 0 Å². The van der Waals surface area contributed by atoms with E-state index in [1.54, 1.807) is 13.2 Å². The Morgan fingerprint density at radius 1 is 1.67 bits per heavy atom. The SMILES string of the molecule is CN(Cc1ccccn1)C(=O)S. The quantitative estimate of drug-likeness (QED) is 0.704. The molecule has 0 N–H and O–H groups in total. The van der Waals surface area contributed by atoms with Crippen LogP contribution in [0.5, 0.6) is 0 Å². The first-order chi connectivity index (χ1) is 5.70. The zero-order valence-corrected chi connectivity index (χ0v) is 7.66. The van der Waals surface area contributed by atoms with E-state index in [1.165, 1.54) is 4.90 Å². The fraction of sp³-hybridized carbons (Fsp3) is 0.250. The number of hydrogen-bond donors (Lipinski definition) is 1. The molecule has 1 heterocycles. The van der Waals surface area contributed by atoms with Crippen LogP contribution >= 0.6 is 12.6 Å². The average molecular weight is 182 g/mol. The normalized spacial score (nSPS) is 9.50. The van der Waals surface area contributed by atoms with Crippen molar-refractivity contribution < 1.29 is 4.79 Å². The molecule has 0 fully saturated rings. The minimum absolute atomic E-state index is 0.249. The van der Waals surface area contributed by atoms with E-state index < -0.39 is 0 Å². The molecule has 0 spiro atoms. The summed E-state index contributed by atoms with van der Waals surface area (Å²) in [4.78, 5) is 16.3. The van der Waals surface area contributed by atoms with Gasteiger partial charge in [-0.2, -0.15) is 0 Å². The van der Waals surface area contributed by atoms with E-state index in [-0.39, 0.29) is 5.24 Å². The molecular formula is C8H10N2OS. The molecular weight excluding hydrogens is 172 g/mol. The Hall–Kier alpha value is -1.03. The van der Waals surface area contributed by atoms with Gasteiger partial charge in [-0.1, -0.05) is 18.7 Å². The number of carbonyl (C=O) groups excluding carboxylic acids is 1. The van der Waals surface area contributed by atoms with Gasteiger partial charge in [-0.15, -0.1) is 0 Å². The van der Waals surface area contributed by atoms with Gasteiger partial charge in [0.05, 0.1) is 12.2 Å². The number of aromatic nitrogens is 1. The molecule has 3 nitrogen and oxygen atoms in total. The van der Waals surface area contributed by atoms with Crippen LogP contribution in [0.4, 0.5) is 4.79 Å². The molecule has 4 heteroatoms. The van der Waals surface area contributed by atoms with Crippen molar-refractivity contribution in [2.24, 2.45) is 0 Å². The van der Waals surface area contributed by atoms with Gasteiger partial charge in [0.25, 0.3) is 5.24 Å².